The zero-order chi connectivity index (χ0) is 14.9. The fourth-order valence-electron chi connectivity index (χ4n) is 1.87. The predicted octanol–water partition coefficient (Wildman–Crippen LogP) is 2.18. The molecule has 6 nitrogen and oxygen atoms in total. The summed E-state index contributed by atoms with van der Waals surface area (Å²) in [5, 5.41) is 9.27. The van der Waals surface area contributed by atoms with Crippen LogP contribution in [0.2, 0.25) is 0 Å². The Bertz CT molecular complexity index is 517. The van der Waals surface area contributed by atoms with E-state index in [9.17, 15) is 14.7 Å². The van der Waals surface area contributed by atoms with Gasteiger partial charge in [-0.1, -0.05) is 12.1 Å². The van der Waals surface area contributed by atoms with Crippen LogP contribution in [0.5, 0.6) is 5.75 Å². The van der Waals surface area contributed by atoms with E-state index in [1.807, 2.05) is 0 Å². The summed E-state index contributed by atoms with van der Waals surface area (Å²) in [6.45, 7) is 5.11. The third kappa shape index (κ3) is 3.01. The summed E-state index contributed by atoms with van der Waals surface area (Å²) < 4.78 is 10.2. The van der Waals surface area contributed by atoms with Gasteiger partial charge in [0.2, 0.25) is 0 Å². The Labute approximate surface area is 116 Å². The van der Waals surface area contributed by atoms with E-state index in [-0.39, 0.29) is 12.5 Å². The smallest absolute Gasteiger partial charge is 0.414 e. The van der Waals surface area contributed by atoms with Gasteiger partial charge < -0.3 is 14.6 Å². The number of esters is 1. The number of amides is 1. The molecular formula is C14H17NO5. The van der Waals surface area contributed by atoms with Crippen molar-refractivity contribution in [2.75, 3.05) is 6.73 Å². The lowest BCUT2D eigenvalue weighted by atomic mass is 10.1. The number of rotatable bonds is 1. The van der Waals surface area contributed by atoms with Crippen molar-refractivity contribution in [1.82, 2.24) is 4.90 Å². The van der Waals surface area contributed by atoms with Gasteiger partial charge in [0.25, 0.3) is 0 Å². The number of aromatic hydroxyl groups is 1. The molecule has 0 aromatic heterocycles. The van der Waals surface area contributed by atoms with Gasteiger partial charge >= 0.3 is 12.1 Å². The Morgan fingerprint density at radius 1 is 1.35 bits per heavy atom. The van der Waals surface area contributed by atoms with Crippen LogP contribution in [0, 0.1) is 0 Å². The molecule has 2 rings (SSSR count). The number of ether oxygens (including phenoxy) is 2. The van der Waals surface area contributed by atoms with Crippen molar-refractivity contribution in [2.24, 2.45) is 0 Å². The summed E-state index contributed by atoms with van der Waals surface area (Å²) in [6.07, 6.45) is -0.610. The monoisotopic (exact) mass is 279 g/mol. The Kier molecular flexibility index (Phi) is 3.57. The summed E-state index contributed by atoms with van der Waals surface area (Å²) in [6, 6.07) is 5.21. The largest absolute Gasteiger partial charge is 0.508 e. The first-order valence-electron chi connectivity index (χ1n) is 6.23. The number of nitrogens with zero attached hydrogens (tertiary/aromatic N) is 1. The van der Waals surface area contributed by atoms with Gasteiger partial charge in [0.15, 0.2) is 12.8 Å². The highest BCUT2D eigenvalue weighted by atomic mass is 16.6. The van der Waals surface area contributed by atoms with Crippen LogP contribution in [0.25, 0.3) is 0 Å². The fourth-order valence-corrected chi connectivity index (χ4v) is 1.87. The van der Waals surface area contributed by atoms with Gasteiger partial charge in [-0.3, -0.25) is 4.90 Å². The number of cyclic esters (lactones) is 1. The molecule has 1 aromatic rings. The first-order valence-corrected chi connectivity index (χ1v) is 6.23. The molecular weight excluding hydrogens is 262 g/mol. The van der Waals surface area contributed by atoms with Gasteiger partial charge in [-0.15, -0.1) is 0 Å². The van der Waals surface area contributed by atoms with E-state index in [4.69, 9.17) is 9.47 Å². The lowest BCUT2D eigenvalue weighted by Gasteiger charge is -2.26. The van der Waals surface area contributed by atoms with Crippen LogP contribution in [0.4, 0.5) is 4.79 Å². The number of benzene rings is 1. The van der Waals surface area contributed by atoms with Crippen molar-refractivity contribution in [3.63, 3.8) is 0 Å². The average Bonchev–Trinajstić information content (AvgIpc) is 2.70. The molecule has 1 heterocycles. The van der Waals surface area contributed by atoms with Crippen molar-refractivity contribution in [1.29, 1.82) is 0 Å². The molecule has 0 saturated carbocycles. The molecule has 0 aliphatic carbocycles. The summed E-state index contributed by atoms with van der Waals surface area (Å²) in [7, 11) is 0. The van der Waals surface area contributed by atoms with Gasteiger partial charge in [-0.2, -0.15) is 0 Å². The van der Waals surface area contributed by atoms with E-state index >= 15 is 0 Å². The zero-order valence-electron chi connectivity index (χ0n) is 11.6. The first-order chi connectivity index (χ1) is 9.28. The van der Waals surface area contributed by atoms with E-state index in [1.165, 1.54) is 17.0 Å². The highest BCUT2D eigenvalue weighted by Gasteiger charge is 2.41. The highest BCUT2D eigenvalue weighted by molar-refractivity contribution is 5.85. The predicted molar refractivity (Wildman–Crippen MR) is 69.9 cm³/mol. The number of hydrogen-bond acceptors (Lipinski definition) is 5. The number of phenolic OH excluding ortho intramolecular Hbond substituents is 1. The van der Waals surface area contributed by atoms with Crippen molar-refractivity contribution in [2.45, 2.75) is 32.4 Å². The Balaban J connectivity index is 2.23. The minimum atomic E-state index is -0.842. The molecule has 1 aromatic carbocycles. The standard InChI is InChI=1S/C14H17NO5/c1-14(2,3)20-13(18)15-8-19-12(17)11(15)9-4-6-10(16)7-5-9/h4-7,11,16H,8H2,1-3H3. The van der Waals surface area contributed by atoms with Gasteiger partial charge in [-0.25, -0.2) is 9.59 Å². The molecule has 1 aliphatic rings. The summed E-state index contributed by atoms with van der Waals surface area (Å²) in [4.78, 5) is 25.1. The van der Waals surface area contributed by atoms with Gasteiger partial charge in [-0.05, 0) is 38.5 Å². The maximum absolute atomic E-state index is 12.1. The fraction of sp³-hybridized carbons (Fsp3) is 0.429. The maximum Gasteiger partial charge on any atom is 0.414 e. The van der Waals surface area contributed by atoms with E-state index in [1.54, 1.807) is 32.9 Å². The van der Waals surface area contributed by atoms with Crippen LogP contribution >= 0.6 is 0 Å². The van der Waals surface area contributed by atoms with Crippen LogP contribution in [0.1, 0.15) is 32.4 Å². The molecule has 20 heavy (non-hydrogen) atoms. The molecule has 1 fully saturated rings. The normalized spacial score (nSPS) is 18.9. The molecule has 1 unspecified atom stereocenters. The quantitative estimate of drug-likeness (QED) is 0.797. The molecule has 6 heteroatoms. The topological polar surface area (TPSA) is 76.1 Å². The Morgan fingerprint density at radius 2 is 1.95 bits per heavy atom. The second-order valence-corrected chi connectivity index (χ2v) is 5.54. The lowest BCUT2D eigenvalue weighted by molar-refractivity contribution is -0.139. The molecule has 1 aliphatic heterocycles. The van der Waals surface area contributed by atoms with E-state index in [0.29, 0.717) is 5.56 Å². The molecule has 0 spiro atoms. The minimum Gasteiger partial charge on any atom is -0.508 e. The molecule has 0 bridgehead atoms. The maximum atomic E-state index is 12.1. The molecule has 1 atom stereocenters. The van der Waals surface area contributed by atoms with Gasteiger partial charge in [0.05, 0.1) is 0 Å². The average molecular weight is 279 g/mol. The lowest BCUT2D eigenvalue weighted by Crippen LogP contribution is -2.37. The van der Waals surface area contributed by atoms with Gasteiger partial charge in [0, 0.05) is 0 Å². The van der Waals surface area contributed by atoms with Crippen LogP contribution in [-0.2, 0) is 14.3 Å². The van der Waals surface area contributed by atoms with Crippen LogP contribution < -0.4 is 0 Å². The van der Waals surface area contributed by atoms with Crippen LogP contribution in [-0.4, -0.2) is 34.4 Å². The third-order valence-electron chi connectivity index (χ3n) is 2.72. The van der Waals surface area contributed by atoms with Crippen LogP contribution in [0.15, 0.2) is 24.3 Å². The summed E-state index contributed by atoms with van der Waals surface area (Å²) >= 11 is 0. The summed E-state index contributed by atoms with van der Waals surface area (Å²) in [5.41, 5.74) is -0.0847. The van der Waals surface area contributed by atoms with Gasteiger partial charge in [0.1, 0.15) is 11.4 Å². The van der Waals surface area contributed by atoms with Crippen molar-refractivity contribution in [3.8, 4) is 5.75 Å². The van der Waals surface area contributed by atoms with Crippen LogP contribution in [0.3, 0.4) is 0 Å². The molecule has 1 amide bonds. The second-order valence-electron chi connectivity index (χ2n) is 5.54. The number of hydrogen-bond donors (Lipinski definition) is 1. The first kappa shape index (κ1) is 14.2. The van der Waals surface area contributed by atoms with E-state index in [0.717, 1.165) is 0 Å². The number of carbonyl (C=O) groups is 2. The second kappa shape index (κ2) is 5.03. The molecule has 0 radical (unpaired) electrons. The highest BCUT2D eigenvalue weighted by Crippen LogP contribution is 2.30. The molecule has 108 valence electrons. The zero-order valence-corrected chi connectivity index (χ0v) is 11.6. The number of carbonyl (C=O) groups excluding carboxylic acids is 2. The third-order valence-corrected chi connectivity index (χ3v) is 2.72. The molecule has 1 N–H and O–H groups in total. The Hall–Kier alpha value is -2.24. The van der Waals surface area contributed by atoms with Crippen molar-refractivity contribution in [3.05, 3.63) is 29.8 Å². The van der Waals surface area contributed by atoms with Crippen molar-refractivity contribution >= 4 is 12.1 Å². The minimum absolute atomic E-state index is 0.0870. The van der Waals surface area contributed by atoms with E-state index in [2.05, 4.69) is 0 Å². The number of phenols is 1. The van der Waals surface area contributed by atoms with Crippen molar-refractivity contribution < 1.29 is 24.2 Å². The summed E-state index contributed by atoms with van der Waals surface area (Å²) in [5.74, 6) is -0.425. The van der Waals surface area contributed by atoms with E-state index < -0.39 is 23.7 Å². The Morgan fingerprint density at radius 3 is 2.50 bits per heavy atom. The SMILES string of the molecule is CC(C)(C)OC(=O)N1COC(=O)C1c1ccc(O)cc1. The molecule has 1 saturated heterocycles.